The summed E-state index contributed by atoms with van der Waals surface area (Å²) in [4.78, 5) is 11.4. The molecule has 0 N–H and O–H groups in total. The number of ether oxygens (including phenoxy) is 1. The van der Waals surface area contributed by atoms with E-state index in [-0.39, 0.29) is 11.5 Å². The fourth-order valence-electron chi connectivity index (χ4n) is 2.62. The molecule has 2 bridgehead atoms. The molecule has 0 aromatic carbocycles. The van der Waals surface area contributed by atoms with Crippen molar-refractivity contribution in [3.8, 4) is 0 Å². The molecule has 3 saturated carbocycles. The van der Waals surface area contributed by atoms with E-state index < -0.39 is 0 Å². The van der Waals surface area contributed by atoms with Crippen LogP contribution in [-0.4, -0.2) is 22.4 Å². The number of carbonyl (C=O) groups excluding carboxylic acids is 1. The first-order chi connectivity index (χ1) is 7.23. The molecule has 1 aromatic rings. The molecule has 0 atom stereocenters. The van der Waals surface area contributed by atoms with Gasteiger partial charge in [-0.3, -0.25) is 4.68 Å². The molecule has 1 aromatic heterocycles. The summed E-state index contributed by atoms with van der Waals surface area (Å²) in [7, 11) is 0. The smallest absolute Gasteiger partial charge is 0.358 e. The fraction of sp³-hybridized carbons (Fsp3) is 0.636. The second-order valence-corrected chi connectivity index (χ2v) is 4.57. The van der Waals surface area contributed by atoms with E-state index in [9.17, 15) is 4.79 Å². The molecule has 4 rings (SSSR count). The van der Waals surface area contributed by atoms with Gasteiger partial charge in [-0.15, -0.1) is 0 Å². The molecular weight excluding hydrogens is 192 g/mol. The summed E-state index contributed by atoms with van der Waals surface area (Å²) >= 11 is 0. The van der Waals surface area contributed by atoms with Crippen LogP contribution in [0.3, 0.4) is 0 Å². The lowest BCUT2D eigenvalue weighted by molar-refractivity contribution is -0.0979. The van der Waals surface area contributed by atoms with E-state index in [1.807, 2.05) is 10.9 Å². The Morgan fingerprint density at radius 2 is 2.40 bits per heavy atom. The third-order valence-corrected chi connectivity index (χ3v) is 3.57. The number of hydrogen-bond donors (Lipinski definition) is 0. The van der Waals surface area contributed by atoms with E-state index in [0.29, 0.717) is 12.3 Å². The van der Waals surface area contributed by atoms with Crippen LogP contribution >= 0.6 is 0 Å². The Labute approximate surface area is 88.2 Å². The van der Waals surface area contributed by atoms with Crippen molar-refractivity contribution in [1.82, 2.24) is 9.78 Å². The van der Waals surface area contributed by atoms with Gasteiger partial charge in [-0.1, -0.05) is 0 Å². The predicted octanol–water partition coefficient (Wildman–Crippen LogP) is 1.57. The van der Waals surface area contributed by atoms with E-state index in [0.717, 1.165) is 5.92 Å². The van der Waals surface area contributed by atoms with E-state index in [1.54, 1.807) is 13.0 Å². The van der Waals surface area contributed by atoms with Gasteiger partial charge >= 0.3 is 5.97 Å². The average Bonchev–Trinajstić information content (AvgIpc) is 2.48. The maximum atomic E-state index is 11.4. The second kappa shape index (κ2) is 2.84. The minimum Gasteiger partial charge on any atom is -0.461 e. The van der Waals surface area contributed by atoms with Gasteiger partial charge in [0.25, 0.3) is 0 Å². The van der Waals surface area contributed by atoms with Gasteiger partial charge in [0.15, 0.2) is 5.69 Å². The van der Waals surface area contributed by atoms with Crippen LogP contribution in [0.5, 0.6) is 0 Å². The third kappa shape index (κ3) is 1.14. The van der Waals surface area contributed by atoms with Crippen LogP contribution in [0.15, 0.2) is 12.3 Å². The Kier molecular flexibility index (Phi) is 1.69. The van der Waals surface area contributed by atoms with Crippen molar-refractivity contribution in [2.45, 2.75) is 31.7 Å². The van der Waals surface area contributed by atoms with Gasteiger partial charge in [-0.05, 0) is 38.2 Å². The van der Waals surface area contributed by atoms with Gasteiger partial charge in [0.1, 0.15) is 0 Å². The van der Waals surface area contributed by atoms with Crippen LogP contribution in [0.2, 0.25) is 0 Å². The summed E-state index contributed by atoms with van der Waals surface area (Å²) in [5.74, 6) is 0.600. The highest BCUT2D eigenvalue weighted by molar-refractivity contribution is 5.87. The van der Waals surface area contributed by atoms with Crippen LogP contribution in [-0.2, 0) is 10.3 Å². The standard InChI is InChI=1S/C11H14N2O2/c1-2-15-10(14)9-3-4-13(12-9)11-5-8(6-11)7-11/h3-4,8H,2,5-7H2,1H3. The second-order valence-electron chi connectivity index (χ2n) is 4.57. The summed E-state index contributed by atoms with van der Waals surface area (Å²) in [6.45, 7) is 2.20. The lowest BCUT2D eigenvalue weighted by atomic mass is 9.50. The summed E-state index contributed by atoms with van der Waals surface area (Å²) < 4.78 is 6.86. The molecule has 3 aliphatic carbocycles. The zero-order valence-corrected chi connectivity index (χ0v) is 8.77. The Bertz CT molecular complexity index is 393. The summed E-state index contributed by atoms with van der Waals surface area (Å²) in [5, 5.41) is 4.30. The SMILES string of the molecule is CCOC(=O)c1ccn(C23CC(C2)C3)n1. The maximum absolute atomic E-state index is 11.4. The molecule has 3 fully saturated rings. The first-order valence-corrected chi connectivity index (χ1v) is 5.47. The first kappa shape index (κ1) is 8.95. The number of carbonyl (C=O) groups is 1. The Balaban J connectivity index is 1.78. The van der Waals surface area contributed by atoms with Crippen LogP contribution in [0, 0.1) is 5.92 Å². The zero-order valence-electron chi connectivity index (χ0n) is 8.77. The minimum absolute atomic E-state index is 0.259. The highest BCUT2D eigenvalue weighted by Gasteiger charge is 2.58. The number of hydrogen-bond acceptors (Lipinski definition) is 3. The lowest BCUT2D eigenvalue weighted by Crippen LogP contribution is -2.59. The van der Waals surface area contributed by atoms with Crippen LogP contribution in [0.1, 0.15) is 36.7 Å². The Morgan fingerprint density at radius 1 is 1.67 bits per heavy atom. The molecule has 4 nitrogen and oxygen atoms in total. The Morgan fingerprint density at radius 3 is 2.93 bits per heavy atom. The van der Waals surface area contributed by atoms with Crippen molar-refractivity contribution in [1.29, 1.82) is 0 Å². The van der Waals surface area contributed by atoms with E-state index in [1.165, 1.54) is 19.3 Å². The first-order valence-electron chi connectivity index (χ1n) is 5.47. The number of nitrogens with zero attached hydrogens (tertiary/aromatic N) is 2. The number of rotatable bonds is 3. The highest BCUT2D eigenvalue weighted by atomic mass is 16.5. The van der Waals surface area contributed by atoms with Crippen LogP contribution in [0.25, 0.3) is 0 Å². The molecular formula is C11H14N2O2. The molecule has 0 radical (unpaired) electrons. The summed E-state index contributed by atoms with van der Waals surface area (Å²) in [6.07, 6.45) is 5.60. The topological polar surface area (TPSA) is 44.1 Å². The highest BCUT2D eigenvalue weighted by Crippen LogP contribution is 2.61. The monoisotopic (exact) mass is 206 g/mol. The van der Waals surface area contributed by atoms with Crippen molar-refractivity contribution in [2.75, 3.05) is 6.61 Å². The fourth-order valence-corrected chi connectivity index (χ4v) is 2.62. The molecule has 1 heterocycles. The zero-order chi connectivity index (χ0) is 10.5. The molecule has 0 amide bonds. The van der Waals surface area contributed by atoms with Crippen molar-refractivity contribution in [3.63, 3.8) is 0 Å². The van der Waals surface area contributed by atoms with Crippen molar-refractivity contribution >= 4 is 5.97 Å². The number of aromatic nitrogens is 2. The molecule has 15 heavy (non-hydrogen) atoms. The van der Waals surface area contributed by atoms with Crippen molar-refractivity contribution in [3.05, 3.63) is 18.0 Å². The van der Waals surface area contributed by atoms with Gasteiger partial charge in [-0.2, -0.15) is 5.10 Å². The normalized spacial score (nSPS) is 31.7. The van der Waals surface area contributed by atoms with Gasteiger partial charge in [0, 0.05) is 6.20 Å². The molecule has 0 aliphatic heterocycles. The van der Waals surface area contributed by atoms with Crippen molar-refractivity contribution in [2.24, 2.45) is 5.92 Å². The summed E-state index contributed by atoms with van der Waals surface area (Å²) in [6, 6.07) is 1.75. The quantitative estimate of drug-likeness (QED) is 0.705. The van der Waals surface area contributed by atoms with Crippen molar-refractivity contribution < 1.29 is 9.53 Å². The van der Waals surface area contributed by atoms with Gasteiger partial charge in [0.05, 0.1) is 12.1 Å². The van der Waals surface area contributed by atoms with Gasteiger partial charge < -0.3 is 4.74 Å². The molecule has 0 unspecified atom stereocenters. The average molecular weight is 206 g/mol. The van der Waals surface area contributed by atoms with Crippen LogP contribution < -0.4 is 0 Å². The van der Waals surface area contributed by atoms with E-state index in [2.05, 4.69) is 5.10 Å². The third-order valence-electron chi connectivity index (χ3n) is 3.57. The largest absolute Gasteiger partial charge is 0.461 e. The lowest BCUT2D eigenvalue weighted by Gasteiger charge is -2.61. The molecule has 4 heteroatoms. The van der Waals surface area contributed by atoms with E-state index in [4.69, 9.17) is 4.74 Å². The molecule has 3 aliphatic rings. The molecule has 0 saturated heterocycles. The maximum Gasteiger partial charge on any atom is 0.358 e. The number of esters is 1. The Hall–Kier alpha value is -1.32. The molecule has 80 valence electrons. The van der Waals surface area contributed by atoms with E-state index >= 15 is 0 Å². The van der Waals surface area contributed by atoms with Gasteiger partial charge in [0.2, 0.25) is 0 Å². The molecule has 0 spiro atoms. The minimum atomic E-state index is -0.317. The predicted molar refractivity (Wildman–Crippen MR) is 53.5 cm³/mol. The summed E-state index contributed by atoms with van der Waals surface area (Å²) in [5.41, 5.74) is 0.691. The van der Waals surface area contributed by atoms with Crippen LogP contribution in [0.4, 0.5) is 0 Å². The van der Waals surface area contributed by atoms with Gasteiger partial charge in [-0.25, -0.2) is 4.79 Å².